The molecule has 1 fully saturated rings. The number of amides is 1. The minimum Gasteiger partial charge on any atom is -0.317 e. The number of hydrogen-bond donors (Lipinski definition) is 2. The largest absolute Gasteiger partial charge is 0.317 e. The molecule has 0 radical (unpaired) electrons. The van der Waals surface area contributed by atoms with Gasteiger partial charge < -0.3 is 5.32 Å². The standard InChI is InChI=1S/C13H17ClN2O2/c14-12-3-1-2-11(8-12)13(17)16-18-9-10-4-6-15-7-5-10/h1-3,8,10,15H,4-7,9H2,(H,16,17). The predicted octanol–water partition coefficient (Wildman–Crippen LogP) is 2.00. The molecule has 0 saturated carbocycles. The number of nitrogens with one attached hydrogen (secondary N) is 2. The fraction of sp³-hybridized carbons (Fsp3) is 0.462. The molecule has 0 spiro atoms. The molecule has 4 nitrogen and oxygen atoms in total. The number of rotatable bonds is 4. The van der Waals surface area contributed by atoms with Crippen molar-refractivity contribution in [2.75, 3.05) is 19.7 Å². The Morgan fingerprint density at radius 2 is 2.22 bits per heavy atom. The van der Waals surface area contributed by atoms with Crippen LogP contribution in [0.2, 0.25) is 5.02 Å². The third-order valence-corrected chi connectivity index (χ3v) is 3.26. The molecule has 1 aromatic carbocycles. The van der Waals surface area contributed by atoms with Crippen LogP contribution < -0.4 is 10.8 Å². The van der Waals surface area contributed by atoms with E-state index in [9.17, 15) is 4.79 Å². The zero-order chi connectivity index (χ0) is 12.8. The van der Waals surface area contributed by atoms with Crippen LogP contribution in [0.5, 0.6) is 0 Å². The molecule has 1 aliphatic heterocycles. The van der Waals surface area contributed by atoms with E-state index >= 15 is 0 Å². The van der Waals surface area contributed by atoms with Gasteiger partial charge in [-0.05, 0) is 50.0 Å². The van der Waals surface area contributed by atoms with Gasteiger partial charge in [-0.3, -0.25) is 9.63 Å². The van der Waals surface area contributed by atoms with E-state index in [1.165, 1.54) is 0 Å². The predicted molar refractivity (Wildman–Crippen MR) is 70.5 cm³/mol. The molecular formula is C13H17ClN2O2. The van der Waals surface area contributed by atoms with Crippen LogP contribution in [0.1, 0.15) is 23.2 Å². The van der Waals surface area contributed by atoms with E-state index in [-0.39, 0.29) is 5.91 Å². The Kier molecular flexibility index (Phi) is 4.99. The first-order chi connectivity index (χ1) is 8.75. The van der Waals surface area contributed by atoms with Gasteiger partial charge in [0, 0.05) is 10.6 Å². The molecular weight excluding hydrogens is 252 g/mol. The Balaban J connectivity index is 1.74. The molecule has 0 aliphatic carbocycles. The van der Waals surface area contributed by atoms with Gasteiger partial charge in [0.2, 0.25) is 0 Å². The van der Waals surface area contributed by atoms with Crippen molar-refractivity contribution in [2.24, 2.45) is 5.92 Å². The monoisotopic (exact) mass is 268 g/mol. The highest BCUT2D eigenvalue weighted by atomic mass is 35.5. The fourth-order valence-electron chi connectivity index (χ4n) is 1.96. The summed E-state index contributed by atoms with van der Waals surface area (Å²) in [4.78, 5) is 17.0. The smallest absolute Gasteiger partial charge is 0.274 e. The molecule has 0 atom stereocenters. The lowest BCUT2D eigenvalue weighted by Gasteiger charge is -2.22. The van der Waals surface area contributed by atoms with E-state index in [0.29, 0.717) is 23.1 Å². The Morgan fingerprint density at radius 1 is 1.44 bits per heavy atom. The van der Waals surface area contributed by atoms with Gasteiger partial charge in [0.25, 0.3) is 5.91 Å². The van der Waals surface area contributed by atoms with E-state index in [1.807, 2.05) is 0 Å². The quantitative estimate of drug-likeness (QED) is 0.822. The van der Waals surface area contributed by atoms with E-state index < -0.39 is 0 Å². The van der Waals surface area contributed by atoms with Gasteiger partial charge in [0.15, 0.2) is 0 Å². The second-order valence-electron chi connectivity index (χ2n) is 4.45. The Morgan fingerprint density at radius 3 is 2.94 bits per heavy atom. The molecule has 0 unspecified atom stereocenters. The number of carbonyl (C=O) groups excluding carboxylic acids is 1. The highest BCUT2D eigenvalue weighted by molar-refractivity contribution is 6.30. The summed E-state index contributed by atoms with van der Waals surface area (Å²) in [6.07, 6.45) is 2.18. The summed E-state index contributed by atoms with van der Waals surface area (Å²) in [5, 5.41) is 3.83. The van der Waals surface area contributed by atoms with Gasteiger partial charge in [-0.15, -0.1) is 0 Å². The van der Waals surface area contributed by atoms with Crippen molar-refractivity contribution in [2.45, 2.75) is 12.8 Å². The Hall–Kier alpha value is -1.10. The first kappa shape index (κ1) is 13.3. The molecule has 5 heteroatoms. The number of halogens is 1. The molecule has 2 rings (SSSR count). The zero-order valence-electron chi connectivity index (χ0n) is 10.1. The number of hydrogen-bond acceptors (Lipinski definition) is 3. The third-order valence-electron chi connectivity index (χ3n) is 3.03. The van der Waals surface area contributed by atoms with Crippen LogP contribution in [-0.2, 0) is 4.84 Å². The first-order valence-corrected chi connectivity index (χ1v) is 6.52. The molecule has 2 N–H and O–H groups in total. The Labute approximate surface area is 112 Å². The number of hydroxylamine groups is 1. The van der Waals surface area contributed by atoms with Crippen LogP contribution in [0, 0.1) is 5.92 Å². The van der Waals surface area contributed by atoms with Crippen LogP contribution in [0.15, 0.2) is 24.3 Å². The van der Waals surface area contributed by atoms with Gasteiger partial charge in [0.05, 0.1) is 6.61 Å². The maximum absolute atomic E-state index is 11.7. The van der Waals surface area contributed by atoms with Crippen molar-refractivity contribution < 1.29 is 9.63 Å². The van der Waals surface area contributed by atoms with Gasteiger partial charge in [-0.2, -0.15) is 0 Å². The average molecular weight is 269 g/mol. The average Bonchev–Trinajstić information content (AvgIpc) is 2.40. The Bertz CT molecular complexity index is 406. The van der Waals surface area contributed by atoms with Crippen molar-refractivity contribution in [1.29, 1.82) is 0 Å². The normalized spacial score (nSPS) is 16.5. The summed E-state index contributed by atoms with van der Waals surface area (Å²) >= 11 is 5.82. The van der Waals surface area contributed by atoms with Crippen LogP contribution in [0.25, 0.3) is 0 Å². The summed E-state index contributed by atoms with van der Waals surface area (Å²) in [5.74, 6) is 0.261. The summed E-state index contributed by atoms with van der Waals surface area (Å²) in [7, 11) is 0. The van der Waals surface area contributed by atoms with Crippen molar-refractivity contribution in [3.05, 3.63) is 34.9 Å². The van der Waals surface area contributed by atoms with Gasteiger partial charge in [-0.25, -0.2) is 5.48 Å². The van der Waals surface area contributed by atoms with Crippen LogP contribution >= 0.6 is 11.6 Å². The van der Waals surface area contributed by atoms with Crippen LogP contribution in [-0.4, -0.2) is 25.6 Å². The van der Waals surface area contributed by atoms with Gasteiger partial charge in [0.1, 0.15) is 0 Å². The van der Waals surface area contributed by atoms with Crippen LogP contribution in [0.3, 0.4) is 0 Å². The summed E-state index contributed by atoms with van der Waals surface area (Å²) in [5.41, 5.74) is 2.96. The molecule has 1 amide bonds. The molecule has 0 aromatic heterocycles. The van der Waals surface area contributed by atoms with Gasteiger partial charge in [-0.1, -0.05) is 17.7 Å². The number of carbonyl (C=O) groups is 1. The van der Waals surface area contributed by atoms with Crippen molar-refractivity contribution in [3.8, 4) is 0 Å². The molecule has 1 aromatic rings. The lowest BCUT2D eigenvalue weighted by molar-refractivity contribution is 0.0118. The fourth-order valence-corrected chi connectivity index (χ4v) is 2.15. The first-order valence-electron chi connectivity index (χ1n) is 6.14. The summed E-state index contributed by atoms with van der Waals surface area (Å²) in [6.45, 7) is 2.61. The summed E-state index contributed by atoms with van der Waals surface area (Å²) in [6, 6.07) is 6.79. The van der Waals surface area contributed by atoms with Crippen molar-refractivity contribution in [1.82, 2.24) is 10.8 Å². The van der Waals surface area contributed by atoms with Gasteiger partial charge >= 0.3 is 0 Å². The molecule has 0 bridgehead atoms. The molecule has 1 saturated heterocycles. The molecule has 1 aliphatic rings. The third kappa shape index (κ3) is 3.98. The van der Waals surface area contributed by atoms with Crippen molar-refractivity contribution >= 4 is 17.5 Å². The lowest BCUT2D eigenvalue weighted by Crippen LogP contribution is -2.33. The maximum atomic E-state index is 11.7. The summed E-state index contributed by atoms with van der Waals surface area (Å²) < 4.78 is 0. The van der Waals surface area contributed by atoms with E-state index in [2.05, 4.69) is 10.8 Å². The number of piperidine rings is 1. The second-order valence-corrected chi connectivity index (χ2v) is 4.88. The van der Waals surface area contributed by atoms with Crippen LogP contribution in [0.4, 0.5) is 0 Å². The SMILES string of the molecule is O=C(NOCC1CCNCC1)c1cccc(Cl)c1. The maximum Gasteiger partial charge on any atom is 0.274 e. The lowest BCUT2D eigenvalue weighted by atomic mass is 10.00. The molecule has 18 heavy (non-hydrogen) atoms. The number of benzene rings is 1. The molecule has 98 valence electrons. The minimum absolute atomic E-state index is 0.258. The van der Waals surface area contributed by atoms with E-state index in [0.717, 1.165) is 25.9 Å². The minimum atomic E-state index is -0.258. The second kappa shape index (κ2) is 6.73. The highest BCUT2D eigenvalue weighted by Gasteiger charge is 2.14. The topological polar surface area (TPSA) is 50.4 Å². The molecule has 1 heterocycles. The van der Waals surface area contributed by atoms with E-state index in [4.69, 9.17) is 16.4 Å². The van der Waals surface area contributed by atoms with E-state index in [1.54, 1.807) is 24.3 Å². The highest BCUT2D eigenvalue weighted by Crippen LogP contribution is 2.12. The zero-order valence-corrected chi connectivity index (χ0v) is 10.9. The van der Waals surface area contributed by atoms with Crippen molar-refractivity contribution in [3.63, 3.8) is 0 Å².